The molecule has 2 rings (SSSR count). The van der Waals surface area contributed by atoms with E-state index in [4.69, 9.17) is 5.11 Å². The van der Waals surface area contributed by atoms with Crippen LogP contribution in [0.4, 0.5) is 0 Å². The Morgan fingerprint density at radius 3 is 2.74 bits per heavy atom. The largest absolute Gasteiger partial charge is 0.396 e. The first-order chi connectivity index (χ1) is 9.12. The third-order valence-electron chi connectivity index (χ3n) is 3.68. The summed E-state index contributed by atoms with van der Waals surface area (Å²) in [5.41, 5.74) is -0.499. The van der Waals surface area contributed by atoms with Crippen LogP contribution in [0.5, 0.6) is 0 Å². The summed E-state index contributed by atoms with van der Waals surface area (Å²) in [7, 11) is 0. The number of aromatic nitrogens is 2. The highest BCUT2D eigenvalue weighted by Crippen LogP contribution is 2.42. The van der Waals surface area contributed by atoms with E-state index >= 15 is 0 Å². The van der Waals surface area contributed by atoms with Crippen LogP contribution in [-0.4, -0.2) is 33.0 Å². The van der Waals surface area contributed by atoms with Crippen molar-refractivity contribution < 1.29 is 10.2 Å². The lowest BCUT2D eigenvalue weighted by Gasteiger charge is -2.43. The normalized spacial score (nSPS) is 26.6. The van der Waals surface area contributed by atoms with Crippen LogP contribution in [0.3, 0.4) is 0 Å². The standard InChI is InChI=1S/C12H15IN2O4/c13-2-1-7-4-15(12(19)14-11(7)18)10-3-8(5-16)9(10)6-17/h1-2,4,8-10,16-17H,3,5-6H2,(H,14,18,19)/t8-,9-,10?/m1/s1. The number of nitrogens with zero attached hydrogens (tertiary/aromatic N) is 1. The molecule has 1 heterocycles. The van der Waals surface area contributed by atoms with Crippen LogP contribution in [0.25, 0.3) is 6.08 Å². The van der Waals surface area contributed by atoms with Gasteiger partial charge in [-0.25, -0.2) is 4.79 Å². The van der Waals surface area contributed by atoms with E-state index in [0.717, 1.165) is 0 Å². The predicted octanol–water partition coefficient (Wildman–Crippen LogP) is 0.104. The molecule has 104 valence electrons. The summed E-state index contributed by atoms with van der Waals surface area (Å²) in [6.07, 6.45) is 3.75. The number of nitrogens with one attached hydrogen (secondary N) is 1. The van der Waals surface area contributed by atoms with Gasteiger partial charge in [0.15, 0.2) is 0 Å². The van der Waals surface area contributed by atoms with Crippen LogP contribution in [-0.2, 0) is 0 Å². The van der Waals surface area contributed by atoms with Gasteiger partial charge in [-0.3, -0.25) is 14.3 Å². The van der Waals surface area contributed by atoms with Crippen LogP contribution in [0, 0.1) is 11.8 Å². The lowest BCUT2D eigenvalue weighted by molar-refractivity contribution is -0.00876. The van der Waals surface area contributed by atoms with E-state index in [1.165, 1.54) is 10.8 Å². The van der Waals surface area contributed by atoms with Crippen LogP contribution < -0.4 is 11.2 Å². The van der Waals surface area contributed by atoms with Gasteiger partial charge in [0.05, 0.1) is 5.56 Å². The minimum Gasteiger partial charge on any atom is -0.396 e. The molecule has 1 saturated carbocycles. The van der Waals surface area contributed by atoms with Gasteiger partial charge in [0.25, 0.3) is 5.56 Å². The van der Waals surface area contributed by atoms with Crippen molar-refractivity contribution in [1.82, 2.24) is 9.55 Å². The van der Waals surface area contributed by atoms with Crippen LogP contribution in [0.15, 0.2) is 19.9 Å². The van der Waals surface area contributed by atoms with Gasteiger partial charge in [0.1, 0.15) is 0 Å². The van der Waals surface area contributed by atoms with E-state index in [1.807, 2.05) is 22.6 Å². The third kappa shape index (κ3) is 2.67. The molecular weight excluding hydrogens is 363 g/mol. The number of rotatable bonds is 4. The zero-order valence-electron chi connectivity index (χ0n) is 10.1. The molecule has 0 aromatic carbocycles. The fourth-order valence-electron chi connectivity index (χ4n) is 2.51. The second-order valence-corrected chi connectivity index (χ2v) is 5.35. The van der Waals surface area contributed by atoms with Crippen molar-refractivity contribution in [2.24, 2.45) is 11.8 Å². The monoisotopic (exact) mass is 378 g/mol. The SMILES string of the molecule is O=c1[nH]c(=O)n(C2C[C@H](CO)[C@H]2CO)cc1C=CI. The summed E-state index contributed by atoms with van der Waals surface area (Å²) in [6, 6.07) is -0.173. The van der Waals surface area contributed by atoms with E-state index in [1.54, 1.807) is 10.2 Å². The molecule has 3 N–H and O–H groups in total. The average molecular weight is 378 g/mol. The lowest BCUT2D eigenvalue weighted by Crippen LogP contribution is -2.47. The highest BCUT2D eigenvalue weighted by Gasteiger charge is 2.41. The summed E-state index contributed by atoms with van der Waals surface area (Å²) in [6.45, 7) is -0.0841. The summed E-state index contributed by atoms with van der Waals surface area (Å²) in [5.74, 6) is -0.137. The first kappa shape index (κ1) is 14.5. The van der Waals surface area contributed by atoms with Crippen molar-refractivity contribution in [3.63, 3.8) is 0 Å². The van der Waals surface area contributed by atoms with Crippen LogP contribution in [0.1, 0.15) is 18.0 Å². The lowest BCUT2D eigenvalue weighted by atomic mass is 9.70. The maximum atomic E-state index is 11.8. The fraction of sp³-hybridized carbons (Fsp3) is 0.500. The van der Waals surface area contributed by atoms with E-state index in [2.05, 4.69) is 4.98 Å². The molecule has 0 spiro atoms. The molecular formula is C12H15IN2O4. The Labute approximate surface area is 122 Å². The van der Waals surface area contributed by atoms with Gasteiger partial charge in [-0.15, -0.1) is 0 Å². The van der Waals surface area contributed by atoms with E-state index in [9.17, 15) is 14.7 Å². The van der Waals surface area contributed by atoms with Gasteiger partial charge in [-0.1, -0.05) is 22.6 Å². The van der Waals surface area contributed by atoms with Crippen molar-refractivity contribution in [3.05, 3.63) is 36.7 Å². The summed E-state index contributed by atoms with van der Waals surface area (Å²) >= 11 is 2.00. The van der Waals surface area contributed by atoms with Gasteiger partial charge in [-0.05, 0) is 22.5 Å². The van der Waals surface area contributed by atoms with Gasteiger partial charge >= 0.3 is 5.69 Å². The molecule has 3 atom stereocenters. The molecule has 0 bridgehead atoms. The number of halogens is 1. The molecule has 1 aliphatic carbocycles. The zero-order valence-corrected chi connectivity index (χ0v) is 12.3. The Morgan fingerprint density at radius 2 is 2.16 bits per heavy atom. The average Bonchev–Trinajstić information content (AvgIpc) is 2.34. The second-order valence-electron chi connectivity index (χ2n) is 4.64. The van der Waals surface area contributed by atoms with E-state index < -0.39 is 11.2 Å². The van der Waals surface area contributed by atoms with Gasteiger partial charge < -0.3 is 10.2 Å². The molecule has 0 radical (unpaired) electrons. The maximum absolute atomic E-state index is 11.8. The summed E-state index contributed by atoms with van der Waals surface area (Å²) in [4.78, 5) is 25.7. The molecule has 1 aromatic rings. The smallest absolute Gasteiger partial charge is 0.328 e. The molecule has 1 aliphatic rings. The van der Waals surface area contributed by atoms with E-state index in [0.29, 0.717) is 12.0 Å². The number of hydrogen-bond donors (Lipinski definition) is 3. The Balaban J connectivity index is 2.38. The highest BCUT2D eigenvalue weighted by molar-refractivity contribution is 14.1. The first-order valence-electron chi connectivity index (χ1n) is 5.96. The molecule has 1 aromatic heterocycles. The minimum atomic E-state index is -0.476. The van der Waals surface area contributed by atoms with Crippen LogP contribution in [0.2, 0.25) is 0 Å². The molecule has 0 amide bonds. The number of aromatic amines is 1. The molecule has 0 saturated heterocycles. The number of H-pyrrole nitrogens is 1. The van der Waals surface area contributed by atoms with Crippen LogP contribution >= 0.6 is 22.6 Å². The van der Waals surface area contributed by atoms with Gasteiger partial charge in [0.2, 0.25) is 0 Å². The summed E-state index contributed by atoms with van der Waals surface area (Å²) in [5, 5.41) is 18.5. The predicted molar refractivity (Wildman–Crippen MR) is 79.2 cm³/mol. The minimum absolute atomic E-state index is 0.000338. The third-order valence-corrected chi connectivity index (χ3v) is 4.04. The van der Waals surface area contributed by atoms with Gasteiger partial charge in [0, 0.05) is 31.4 Å². The van der Waals surface area contributed by atoms with Gasteiger partial charge in [-0.2, -0.15) is 0 Å². The molecule has 6 nitrogen and oxygen atoms in total. The fourth-order valence-corrected chi connectivity index (χ4v) is 2.90. The van der Waals surface area contributed by atoms with Crippen molar-refractivity contribution in [2.75, 3.05) is 13.2 Å². The Bertz CT molecular complexity index is 592. The Morgan fingerprint density at radius 1 is 1.42 bits per heavy atom. The molecule has 0 aliphatic heterocycles. The second kappa shape index (κ2) is 6.02. The molecule has 1 unspecified atom stereocenters. The summed E-state index contributed by atoms with van der Waals surface area (Å²) < 4.78 is 3.14. The Hall–Kier alpha value is -0.930. The van der Waals surface area contributed by atoms with Crippen molar-refractivity contribution in [1.29, 1.82) is 0 Å². The van der Waals surface area contributed by atoms with Crippen molar-refractivity contribution in [3.8, 4) is 0 Å². The highest BCUT2D eigenvalue weighted by atomic mass is 127. The number of hydrogen-bond acceptors (Lipinski definition) is 4. The molecule has 19 heavy (non-hydrogen) atoms. The Kier molecular flexibility index (Phi) is 4.58. The van der Waals surface area contributed by atoms with E-state index in [-0.39, 0.29) is 31.1 Å². The molecule has 1 fully saturated rings. The topological polar surface area (TPSA) is 95.3 Å². The van der Waals surface area contributed by atoms with Crippen molar-refractivity contribution in [2.45, 2.75) is 12.5 Å². The quantitative estimate of drug-likeness (QED) is 0.648. The zero-order chi connectivity index (χ0) is 14.0. The first-order valence-corrected chi connectivity index (χ1v) is 7.20. The van der Waals surface area contributed by atoms with Crippen molar-refractivity contribution >= 4 is 28.7 Å². The number of aliphatic hydroxyl groups is 2. The maximum Gasteiger partial charge on any atom is 0.328 e. The number of aliphatic hydroxyl groups excluding tert-OH is 2. The molecule has 7 heteroatoms.